The van der Waals surface area contributed by atoms with Gasteiger partial charge in [0.05, 0.1) is 20.6 Å². The monoisotopic (exact) mass is 522 g/mol. The first-order valence-electron chi connectivity index (χ1n) is 10.6. The van der Waals surface area contributed by atoms with Gasteiger partial charge in [0.2, 0.25) is 0 Å². The fraction of sp³-hybridized carbons (Fsp3) is 0.280. The van der Waals surface area contributed by atoms with Crippen molar-refractivity contribution in [2.24, 2.45) is 5.73 Å². The third-order valence-electron chi connectivity index (χ3n) is 4.87. The molecule has 6 nitrogen and oxygen atoms in total. The maximum atomic E-state index is 13.4. The maximum Gasteiger partial charge on any atom is 0.340 e. The van der Waals surface area contributed by atoms with Crippen LogP contribution in [0.5, 0.6) is 5.75 Å². The molecule has 0 saturated heterocycles. The minimum absolute atomic E-state index is 0.0220. The van der Waals surface area contributed by atoms with Crippen molar-refractivity contribution in [2.75, 3.05) is 6.54 Å². The van der Waals surface area contributed by atoms with Crippen LogP contribution in [0.2, 0.25) is 15.1 Å². The number of H-pyrrole nitrogens is 1. The summed E-state index contributed by atoms with van der Waals surface area (Å²) in [6.07, 6.45) is 2.02. The molecule has 0 atom stereocenters. The Labute approximate surface area is 213 Å². The molecule has 0 spiro atoms. The van der Waals surface area contributed by atoms with E-state index in [0.29, 0.717) is 0 Å². The Morgan fingerprint density at radius 1 is 0.971 bits per heavy atom. The van der Waals surface area contributed by atoms with Gasteiger partial charge >= 0.3 is 11.9 Å². The first kappa shape index (κ1) is 26.1. The van der Waals surface area contributed by atoms with Crippen LogP contribution in [0.15, 0.2) is 53.7 Å². The van der Waals surface area contributed by atoms with Crippen molar-refractivity contribution in [1.82, 2.24) is 4.98 Å². The molecule has 0 fully saturated rings. The number of carbonyl (C=O) groups excluding carboxylic acids is 2. The van der Waals surface area contributed by atoms with E-state index in [-0.39, 0.29) is 51.4 Å². The molecule has 0 unspecified atom stereocenters. The summed E-state index contributed by atoms with van der Waals surface area (Å²) in [7, 11) is 0. The van der Waals surface area contributed by atoms with E-state index < -0.39 is 17.5 Å². The number of aromatic nitrogens is 1. The molecule has 0 bridgehead atoms. The van der Waals surface area contributed by atoms with Gasteiger partial charge in [0.1, 0.15) is 5.60 Å². The number of nitrogens with two attached hydrogens (primary N) is 1. The van der Waals surface area contributed by atoms with Gasteiger partial charge < -0.3 is 20.2 Å². The van der Waals surface area contributed by atoms with E-state index in [1.54, 1.807) is 27.0 Å². The largest absolute Gasteiger partial charge is 0.457 e. The number of aromatic amines is 1. The van der Waals surface area contributed by atoms with Crippen molar-refractivity contribution < 1.29 is 19.1 Å². The number of esters is 2. The Balaban J connectivity index is 2.09. The molecule has 0 radical (unpaired) electrons. The summed E-state index contributed by atoms with van der Waals surface area (Å²) in [6.45, 7) is 5.38. The number of halogens is 3. The van der Waals surface area contributed by atoms with Gasteiger partial charge in [-0.1, -0.05) is 53.0 Å². The van der Waals surface area contributed by atoms with E-state index in [1.807, 2.05) is 24.3 Å². The number of nitrogens with one attached hydrogen (secondary N) is 1. The third kappa shape index (κ3) is 6.33. The van der Waals surface area contributed by atoms with E-state index in [4.69, 9.17) is 50.0 Å². The van der Waals surface area contributed by atoms with Crippen molar-refractivity contribution in [3.8, 4) is 5.75 Å². The lowest BCUT2D eigenvalue weighted by Gasteiger charge is -2.22. The summed E-state index contributed by atoms with van der Waals surface area (Å²) in [6, 6.07) is 10.4. The number of rotatable bonds is 7. The number of carbonyl (C=O) groups is 2. The molecular weight excluding hydrogens is 499 g/mol. The van der Waals surface area contributed by atoms with Crippen molar-refractivity contribution in [2.45, 2.75) is 39.2 Å². The van der Waals surface area contributed by atoms with Gasteiger partial charge in [0, 0.05) is 35.2 Å². The van der Waals surface area contributed by atoms with Gasteiger partial charge in [-0.05, 0) is 51.4 Å². The predicted molar refractivity (Wildman–Crippen MR) is 136 cm³/mol. The smallest absolute Gasteiger partial charge is 0.340 e. The lowest BCUT2D eigenvalue weighted by atomic mass is 9.97. The Kier molecular flexibility index (Phi) is 8.31. The van der Waals surface area contributed by atoms with Crippen LogP contribution < -0.4 is 10.5 Å². The molecule has 9 heteroatoms. The van der Waals surface area contributed by atoms with E-state index in [1.165, 1.54) is 12.1 Å². The van der Waals surface area contributed by atoms with Gasteiger partial charge in [-0.25, -0.2) is 9.59 Å². The first-order chi connectivity index (χ1) is 16.0. The molecule has 0 amide bonds. The highest BCUT2D eigenvalue weighted by Gasteiger charge is 2.28. The van der Waals surface area contributed by atoms with Crippen LogP contribution in [-0.4, -0.2) is 29.1 Å². The molecule has 3 aromatic rings. The molecule has 0 saturated carbocycles. The molecule has 0 aliphatic carbocycles. The number of hydrogen-bond acceptors (Lipinski definition) is 5. The molecule has 0 aliphatic rings. The molecule has 180 valence electrons. The topological polar surface area (TPSA) is 94.4 Å². The number of ether oxygens (including phenoxy) is 2. The summed E-state index contributed by atoms with van der Waals surface area (Å²) in [5.41, 5.74) is 6.99. The Bertz CT molecular complexity index is 1260. The zero-order valence-electron chi connectivity index (χ0n) is 19.0. The zero-order chi connectivity index (χ0) is 25.0. The minimum Gasteiger partial charge on any atom is -0.457 e. The van der Waals surface area contributed by atoms with E-state index in [2.05, 4.69) is 4.98 Å². The Hall–Kier alpha value is -2.51. The lowest BCUT2D eigenvalue weighted by molar-refractivity contribution is -0.150. The fourth-order valence-electron chi connectivity index (χ4n) is 3.37. The highest BCUT2D eigenvalue weighted by molar-refractivity contribution is 6.43. The second kappa shape index (κ2) is 10.8. The molecular formula is C25H25Cl3N2O4. The number of fused-ring (bicyclic) bond motifs is 1. The Morgan fingerprint density at radius 3 is 2.32 bits per heavy atom. The summed E-state index contributed by atoms with van der Waals surface area (Å²) in [5, 5.41) is 1.41. The highest BCUT2D eigenvalue weighted by Crippen LogP contribution is 2.35. The molecule has 0 aliphatic heterocycles. The molecule has 34 heavy (non-hydrogen) atoms. The highest BCUT2D eigenvalue weighted by atomic mass is 35.5. The van der Waals surface area contributed by atoms with Crippen LogP contribution in [0.4, 0.5) is 0 Å². The van der Waals surface area contributed by atoms with Crippen molar-refractivity contribution in [3.05, 3.63) is 74.4 Å². The summed E-state index contributed by atoms with van der Waals surface area (Å²) in [4.78, 5) is 29.7. The van der Waals surface area contributed by atoms with Gasteiger partial charge in [-0.3, -0.25) is 0 Å². The molecule has 3 N–H and O–H groups in total. The molecule has 2 aromatic carbocycles. The number of hydrogen-bond donors (Lipinski definition) is 2. The van der Waals surface area contributed by atoms with Crippen molar-refractivity contribution in [3.63, 3.8) is 0 Å². The predicted octanol–water partition coefficient (Wildman–Crippen LogP) is 6.26. The Morgan fingerprint density at radius 2 is 1.65 bits per heavy atom. The van der Waals surface area contributed by atoms with E-state index in [9.17, 15) is 9.59 Å². The molecule has 3 rings (SSSR count). The van der Waals surface area contributed by atoms with Crippen LogP contribution in [0, 0.1) is 0 Å². The van der Waals surface area contributed by atoms with Gasteiger partial charge in [0.25, 0.3) is 0 Å². The van der Waals surface area contributed by atoms with Crippen LogP contribution >= 0.6 is 34.8 Å². The van der Waals surface area contributed by atoms with Crippen molar-refractivity contribution in [1.29, 1.82) is 0 Å². The SMILES string of the molecule is CC(C)(C)OC(=O)C(CCN)=C(Cc1c[nH]c2ccccc12)C(=O)Oc1cc(Cl)c(Cl)cc1Cl. The average Bonchev–Trinajstić information content (AvgIpc) is 3.16. The summed E-state index contributed by atoms with van der Waals surface area (Å²) < 4.78 is 11.1. The van der Waals surface area contributed by atoms with Crippen LogP contribution in [0.3, 0.4) is 0 Å². The lowest BCUT2D eigenvalue weighted by Crippen LogP contribution is -2.28. The number of benzene rings is 2. The van der Waals surface area contributed by atoms with Gasteiger partial charge in [0.15, 0.2) is 5.75 Å². The fourth-order valence-corrected chi connectivity index (χ4v) is 3.95. The summed E-state index contributed by atoms with van der Waals surface area (Å²) in [5.74, 6) is -1.38. The minimum atomic E-state index is -0.764. The average molecular weight is 524 g/mol. The second-order valence-electron chi connectivity index (χ2n) is 8.62. The maximum absolute atomic E-state index is 13.4. The standard InChI is InChI=1S/C25H25Cl3N2O4/c1-25(2,3)34-24(32)16(8-9-29)17(10-14-13-30-21-7-5-4-6-15(14)21)23(31)33-22-12-19(27)18(26)11-20(22)28/h4-7,11-13,30H,8-10,29H2,1-3H3. The quantitative estimate of drug-likeness (QED) is 0.165. The van der Waals surface area contributed by atoms with E-state index >= 15 is 0 Å². The second-order valence-corrected chi connectivity index (χ2v) is 9.84. The van der Waals surface area contributed by atoms with E-state index in [0.717, 1.165) is 16.5 Å². The van der Waals surface area contributed by atoms with Crippen LogP contribution in [0.25, 0.3) is 10.9 Å². The molecule has 1 aromatic heterocycles. The molecule has 1 heterocycles. The van der Waals surface area contributed by atoms with Gasteiger partial charge in [-0.2, -0.15) is 0 Å². The summed E-state index contributed by atoms with van der Waals surface area (Å²) >= 11 is 18.3. The third-order valence-corrected chi connectivity index (χ3v) is 5.89. The zero-order valence-corrected chi connectivity index (χ0v) is 21.3. The van der Waals surface area contributed by atoms with Gasteiger partial charge in [-0.15, -0.1) is 0 Å². The van der Waals surface area contributed by atoms with Crippen LogP contribution in [-0.2, 0) is 20.7 Å². The van der Waals surface area contributed by atoms with Crippen molar-refractivity contribution >= 4 is 57.6 Å². The number of para-hydroxylation sites is 1. The van der Waals surface area contributed by atoms with Crippen LogP contribution in [0.1, 0.15) is 32.8 Å². The normalized spacial score (nSPS) is 12.4. The first-order valence-corrected chi connectivity index (χ1v) is 11.7.